The van der Waals surface area contributed by atoms with Crippen LogP contribution in [0.15, 0.2) is 0 Å². The SMILES string of the molecule is CCCC(CC)(CC)OOC1(OOC(CC)(CC)CCC)CC(C)C(C)CC1C. The van der Waals surface area contributed by atoms with Gasteiger partial charge in [-0.15, -0.1) is 0 Å². The molecule has 0 amide bonds. The van der Waals surface area contributed by atoms with Crippen LogP contribution in [0.3, 0.4) is 0 Å². The Bertz CT molecular complexity index is 416. The van der Waals surface area contributed by atoms with Crippen LogP contribution in [-0.2, 0) is 19.6 Å². The van der Waals surface area contributed by atoms with Crippen LogP contribution in [0.1, 0.15) is 127 Å². The largest absolute Gasteiger partial charge is 0.236 e. The lowest BCUT2D eigenvalue weighted by atomic mass is 9.73. The summed E-state index contributed by atoms with van der Waals surface area (Å²) in [6.45, 7) is 20.0. The highest BCUT2D eigenvalue weighted by Gasteiger charge is 2.50. The second kappa shape index (κ2) is 12.0. The molecule has 0 radical (unpaired) electrons. The van der Waals surface area contributed by atoms with Gasteiger partial charge in [0.15, 0.2) is 0 Å². The van der Waals surface area contributed by atoms with Gasteiger partial charge in [-0.1, -0.05) is 75.2 Å². The fraction of sp³-hybridized carbons (Fsp3) is 1.00. The molecular formula is C25H50O4. The molecule has 0 aliphatic heterocycles. The predicted molar refractivity (Wildman–Crippen MR) is 120 cm³/mol. The summed E-state index contributed by atoms with van der Waals surface area (Å²) in [6, 6.07) is 0. The molecule has 4 heteroatoms. The zero-order valence-corrected chi connectivity index (χ0v) is 20.9. The molecule has 3 unspecified atom stereocenters. The molecular weight excluding hydrogens is 364 g/mol. The van der Waals surface area contributed by atoms with E-state index in [-0.39, 0.29) is 17.1 Å². The van der Waals surface area contributed by atoms with E-state index >= 15 is 0 Å². The topological polar surface area (TPSA) is 36.9 Å². The van der Waals surface area contributed by atoms with Crippen molar-refractivity contribution in [2.24, 2.45) is 17.8 Å². The highest BCUT2D eigenvalue weighted by atomic mass is 17.3. The molecule has 1 saturated carbocycles. The third-order valence-corrected chi connectivity index (χ3v) is 7.76. The Kier molecular flexibility index (Phi) is 11.1. The summed E-state index contributed by atoms with van der Waals surface area (Å²) < 4.78 is 0. The minimum Gasteiger partial charge on any atom is -0.227 e. The minimum absolute atomic E-state index is 0.203. The van der Waals surface area contributed by atoms with Gasteiger partial charge < -0.3 is 0 Å². The summed E-state index contributed by atoms with van der Waals surface area (Å²) >= 11 is 0. The van der Waals surface area contributed by atoms with Crippen molar-refractivity contribution in [3.05, 3.63) is 0 Å². The van der Waals surface area contributed by atoms with Gasteiger partial charge in [0.1, 0.15) is 11.2 Å². The quantitative estimate of drug-likeness (QED) is 0.164. The summed E-state index contributed by atoms with van der Waals surface area (Å²) in [5.74, 6) is 0.486. The molecule has 4 nitrogen and oxygen atoms in total. The maximum Gasteiger partial charge on any atom is 0.236 e. The first-order chi connectivity index (χ1) is 13.7. The van der Waals surface area contributed by atoms with Crippen molar-refractivity contribution >= 4 is 0 Å². The molecule has 0 spiro atoms. The molecule has 0 aromatic carbocycles. The molecule has 0 aromatic heterocycles. The lowest BCUT2D eigenvalue weighted by Gasteiger charge is -2.47. The van der Waals surface area contributed by atoms with Crippen molar-refractivity contribution in [2.45, 2.75) is 144 Å². The lowest BCUT2D eigenvalue weighted by molar-refractivity contribution is -0.564. The van der Waals surface area contributed by atoms with E-state index in [9.17, 15) is 0 Å². The van der Waals surface area contributed by atoms with Crippen LogP contribution in [0.2, 0.25) is 0 Å². The Morgan fingerprint density at radius 3 is 1.45 bits per heavy atom. The van der Waals surface area contributed by atoms with E-state index < -0.39 is 5.79 Å². The molecule has 29 heavy (non-hydrogen) atoms. The van der Waals surface area contributed by atoms with E-state index in [0.717, 1.165) is 64.2 Å². The summed E-state index contributed by atoms with van der Waals surface area (Å²) in [5, 5.41) is 0. The Balaban J connectivity index is 3.10. The van der Waals surface area contributed by atoms with Gasteiger partial charge in [-0.2, -0.15) is 9.78 Å². The average molecular weight is 415 g/mol. The third kappa shape index (κ3) is 6.66. The van der Waals surface area contributed by atoms with Crippen molar-refractivity contribution in [1.29, 1.82) is 0 Å². The summed E-state index contributed by atoms with van der Waals surface area (Å²) in [5.41, 5.74) is -0.514. The van der Waals surface area contributed by atoms with Crippen LogP contribution in [0, 0.1) is 17.8 Å². The van der Waals surface area contributed by atoms with Crippen molar-refractivity contribution in [2.75, 3.05) is 0 Å². The zero-order valence-electron chi connectivity index (χ0n) is 20.9. The molecule has 0 saturated heterocycles. The van der Waals surface area contributed by atoms with Gasteiger partial charge in [-0.25, -0.2) is 9.78 Å². The first kappa shape index (κ1) is 26.9. The van der Waals surface area contributed by atoms with Gasteiger partial charge in [0.25, 0.3) is 0 Å². The predicted octanol–water partition coefficient (Wildman–Crippen LogP) is 8.00. The Morgan fingerprint density at radius 1 is 0.690 bits per heavy atom. The maximum absolute atomic E-state index is 6.32. The second-order valence-corrected chi connectivity index (χ2v) is 9.72. The highest BCUT2D eigenvalue weighted by Crippen LogP contribution is 2.46. The third-order valence-electron chi connectivity index (χ3n) is 7.76. The van der Waals surface area contributed by atoms with Crippen LogP contribution < -0.4 is 0 Å². The van der Waals surface area contributed by atoms with E-state index in [4.69, 9.17) is 19.6 Å². The molecule has 0 N–H and O–H groups in total. The second-order valence-electron chi connectivity index (χ2n) is 9.72. The molecule has 0 aromatic rings. The lowest BCUT2D eigenvalue weighted by Crippen LogP contribution is -2.52. The van der Waals surface area contributed by atoms with Gasteiger partial charge in [-0.3, -0.25) is 0 Å². The van der Waals surface area contributed by atoms with Gasteiger partial charge in [0.2, 0.25) is 5.79 Å². The first-order valence-corrected chi connectivity index (χ1v) is 12.4. The van der Waals surface area contributed by atoms with Gasteiger partial charge in [-0.05, 0) is 56.8 Å². The molecule has 1 aliphatic carbocycles. The number of rotatable bonds is 14. The number of hydrogen-bond donors (Lipinski definition) is 0. The van der Waals surface area contributed by atoms with Gasteiger partial charge >= 0.3 is 0 Å². The monoisotopic (exact) mass is 414 g/mol. The summed E-state index contributed by atoms with van der Waals surface area (Å²) in [4.78, 5) is 25.1. The molecule has 0 heterocycles. The summed E-state index contributed by atoms with van der Waals surface area (Å²) in [6.07, 6.45) is 9.68. The van der Waals surface area contributed by atoms with E-state index in [1.54, 1.807) is 0 Å². The van der Waals surface area contributed by atoms with Crippen LogP contribution in [0.4, 0.5) is 0 Å². The van der Waals surface area contributed by atoms with Gasteiger partial charge in [0.05, 0.1) is 0 Å². The molecule has 1 fully saturated rings. The Hall–Kier alpha value is -0.160. The Morgan fingerprint density at radius 2 is 1.10 bits per heavy atom. The fourth-order valence-corrected chi connectivity index (χ4v) is 4.82. The molecule has 3 atom stereocenters. The van der Waals surface area contributed by atoms with E-state index in [2.05, 4.69) is 62.3 Å². The molecule has 1 aliphatic rings. The number of hydrogen-bond acceptors (Lipinski definition) is 4. The average Bonchev–Trinajstić information content (AvgIpc) is 2.72. The van der Waals surface area contributed by atoms with Crippen molar-refractivity contribution < 1.29 is 19.6 Å². The van der Waals surface area contributed by atoms with Crippen molar-refractivity contribution in [3.8, 4) is 0 Å². The zero-order chi connectivity index (χ0) is 22.1. The summed E-state index contributed by atoms with van der Waals surface area (Å²) in [7, 11) is 0. The minimum atomic E-state index is -0.849. The van der Waals surface area contributed by atoms with E-state index in [0.29, 0.717) is 11.8 Å². The maximum atomic E-state index is 6.32. The normalized spacial score (nSPS) is 25.3. The van der Waals surface area contributed by atoms with E-state index in [1.807, 2.05) is 0 Å². The molecule has 174 valence electrons. The van der Waals surface area contributed by atoms with Crippen molar-refractivity contribution in [3.63, 3.8) is 0 Å². The van der Waals surface area contributed by atoms with E-state index in [1.165, 1.54) is 0 Å². The highest BCUT2D eigenvalue weighted by molar-refractivity contribution is 4.87. The van der Waals surface area contributed by atoms with Crippen LogP contribution in [-0.4, -0.2) is 17.0 Å². The van der Waals surface area contributed by atoms with Crippen LogP contribution >= 0.6 is 0 Å². The smallest absolute Gasteiger partial charge is 0.227 e. The van der Waals surface area contributed by atoms with Crippen molar-refractivity contribution in [1.82, 2.24) is 0 Å². The Labute approximate surface area is 181 Å². The first-order valence-electron chi connectivity index (χ1n) is 12.4. The molecule has 1 rings (SSSR count). The molecule has 0 bridgehead atoms. The van der Waals surface area contributed by atoms with Crippen LogP contribution in [0.5, 0.6) is 0 Å². The fourth-order valence-electron chi connectivity index (χ4n) is 4.82. The standard InChI is InChI=1S/C25H50O4/c1-10-16-23(12-3,13-4)26-28-25(19-21(8)20(7)18-22(25)9)29-27-24(14-5,15-6)17-11-2/h20-22H,10-19H2,1-9H3. The van der Waals surface area contributed by atoms with Crippen LogP contribution in [0.25, 0.3) is 0 Å². The van der Waals surface area contributed by atoms with Gasteiger partial charge in [0, 0.05) is 12.3 Å².